The van der Waals surface area contributed by atoms with Gasteiger partial charge in [-0.2, -0.15) is 0 Å². The number of benzene rings is 1. The predicted molar refractivity (Wildman–Crippen MR) is 95.1 cm³/mol. The minimum Gasteiger partial charge on any atom is -0.355 e. The van der Waals surface area contributed by atoms with Gasteiger partial charge in [0.05, 0.1) is 17.6 Å². The number of fused-ring (bicyclic) bond motifs is 3. The highest BCUT2D eigenvalue weighted by atomic mass is 35.5. The first-order chi connectivity index (χ1) is 11.7. The van der Waals surface area contributed by atoms with Crippen LogP contribution < -0.4 is 5.32 Å². The van der Waals surface area contributed by atoms with E-state index in [-0.39, 0.29) is 5.91 Å². The van der Waals surface area contributed by atoms with Crippen LogP contribution in [0.15, 0.2) is 18.2 Å². The maximum absolute atomic E-state index is 12.1. The number of piperidine rings is 1. The number of carbonyl (C=O) groups is 1. The van der Waals surface area contributed by atoms with Gasteiger partial charge in [-0.3, -0.25) is 9.69 Å². The lowest BCUT2D eigenvalue weighted by Crippen LogP contribution is -2.41. The van der Waals surface area contributed by atoms with Gasteiger partial charge in [-0.1, -0.05) is 11.6 Å². The first-order valence-corrected chi connectivity index (χ1v) is 9.20. The molecule has 0 radical (unpaired) electrons. The smallest absolute Gasteiger partial charge is 0.234 e. The summed E-state index contributed by atoms with van der Waals surface area (Å²) in [6.07, 6.45) is 5.62. The molecule has 1 aromatic carbocycles. The van der Waals surface area contributed by atoms with Gasteiger partial charge in [0.2, 0.25) is 5.91 Å². The third kappa shape index (κ3) is 3.42. The van der Waals surface area contributed by atoms with E-state index < -0.39 is 0 Å². The number of amides is 1. The van der Waals surface area contributed by atoms with Crippen molar-refractivity contribution in [1.82, 2.24) is 20.2 Å². The second-order valence-corrected chi connectivity index (χ2v) is 7.50. The van der Waals surface area contributed by atoms with Crippen LogP contribution in [-0.4, -0.2) is 46.5 Å². The van der Waals surface area contributed by atoms with Crippen molar-refractivity contribution in [2.45, 2.75) is 38.1 Å². The van der Waals surface area contributed by atoms with Crippen LogP contribution in [0.3, 0.4) is 0 Å². The van der Waals surface area contributed by atoms with E-state index in [1.165, 1.54) is 19.3 Å². The maximum Gasteiger partial charge on any atom is 0.234 e. The molecule has 2 aliphatic rings. The number of carbonyl (C=O) groups excluding carboxylic acids is 1. The fraction of sp³-hybridized carbons (Fsp3) is 0.556. The monoisotopic (exact) mass is 346 g/mol. The van der Waals surface area contributed by atoms with Gasteiger partial charge in [0.1, 0.15) is 5.82 Å². The van der Waals surface area contributed by atoms with E-state index in [2.05, 4.69) is 20.2 Å². The molecule has 2 bridgehead atoms. The molecule has 1 saturated heterocycles. The summed E-state index contributed by atoms with van der Waals surface area (Å²) in [7, 11) is 0. The van der Waals surface area contributed by atoms with Crippen molar-refractivity contribution in [2.75, 3.05) is 19.6 Å². The van der Waals surface area contributed by atoms with Crippen molar-refractivity contribution in [3.63, 3.8) is 0 Å². The van der Waals surface area contributed by atoms with E-state index in [1.807, 2.05) is 18.2 Å². The summed E-state index contributed by atoms with van der Waals surface area (Å²) in [5.74, 6) is 1.93. The van der Waals surface area contributed by atoms with Gasteiger partial charge in [-0.15, -0.1) is 0 Å². The normalized spacial score (nSPS) is 23.2. The second kappa shape index (κ2) is 6.73. The summed E-state index contributed by atoms with van der Waals surface area (Å²) in [6, 6.07) is 6.31. The quantitative estimate of drug-likeness (QED) is 0.791. The van der Waals surface area contributed by atoms with E-state index in [0.717, 1.165) is 42.2 Å². The number of halogens is 1. The minimum absolute atomic E-state index is 0.152. The first kappa shape index (κ1) is 15.9. The maximum atomic E-state index is 12.1. The molecule has 6 heteroatoms. The van der Waals surface area contributed by atoms with Crippen LogP contribution in [0.4, 0.5) is 0 Å². The highest BCUT2D eigenvalue weighted by Crippen LogP contribution is 2.36. The van der Waals surface area contributed by atoms with Crippen molar-refractivity contribution in [3.05, 3.63) is 29.0 Å². The number of imidazole rings is 1. The molecule has 2 atom stereocenters. The predicted octanol–water partition coefficient (Wildman–Crippen LogP) is 2.75. The van der Waals surface area contributed by atoms with E-state index >= 15 is 0 Å². The fourth-order valence-electron chi connectivity index (χ4n) is 4.10. The van der Waals surface area contributed by atoms with E-state index in [4.69, 9.17) is 11.6 Å². The van der Waals surface area contributed by atoms with Crippen LogP contribution in [0.1, 0.15) is 31.5 Å². The summed E-state index contributed by atoms with van der Waals surface area (Å²) in [4.78, 5) is 22.3. The molecule has 1 saturated carbocycles. The Morgan fingerprint density at radius 3 is 3.12 bits per heavy atom. The molecule has 4 rings (SSSR count). The number of aromatic amines is 1. The standard InChI is InChI=1S/C18H23ClN4O/c19-13-4-6-15-16(9-13)22-17(21-15)2-1-7-20-18(24)11-23-10-12-3-5-14(23)8-12/h4,6,9,12,14H,1-3,5,7-8,10-11H2,(H,20,24)(H,21,22)/t12-,14+/m1/s1. The van der Waals surface area contributed by atoms with Crippen LogP contribution in [-0.2, 0) is 11.2 Å². The van der Waals surface area contributed by atoms with Crippen molar-refractivity contribution >= 4 is 28.5 Å². The molecule has 2 fully saturated rings. The molecular weight excluding hydrogens is 324 g/mol. The molecule has 1 amide bonds. The Balaban J connectivity index is 1.20. The number of hydrogen-bond acceptors (Lipinski definition) is 3. The van der Waals surface area contributed by atoms with Gasteiger partial charge < -0.3 is 10.3 Å². The number of aryl methyl sites for hydroxylation is 1. The highest BCUT2D eigenvalue weighted by molar-refractivity contribution is 6.31. The topological polar surface area (TPSA) is 61.0 Å². The number of H-pyrrole nitrogens is 1. The van der Waals surface area contributed by atoms with Gasteiger partial charge in [0, 0.05) is 30.6 Å². The van der Waals surface area contributed by atoms with Crippen LogP contribution in [0.25, 0.3) is 11.0 Å². The second-order valence-electron chi connectivity index (χ2n) is 7.06. The largest absolute Gasteiger partial charge is 0.355 e. The van der Waals surface area contributed by atoms with E-state index in [1.54, 1.807) is 0 Å². The van der Waals surface area contributed by atoms with Gasteiger partial charge in [-0.05, 0) is 49.8 Å². The third-order valence-electron chi connectivity index (χ3n) is 5.27. The molecule has 0 unspecified atom stereocenters. The summed E-state index contributed by atoms with van der Waals surface area (Å²) in [5.41, 5.74) is 1.90. The Hall–Kier alpha value is -1.59. The summed E-state index contributed by atoms with van der Waals surface area (Å²) in [6.45, 7) is 2.36. The van der Waals surface area contributed by atoms with Crippen LogP contribution in [0.2, 0.25) is 5.02 Å². The first-order valence-electron chi connectivity index (χ1n) is 8.82. The number of hydrogen-bond donors (Lipinski definition) is 2. The minimum atomic E-state index is 0.152. The van der Waals surface area contributed by atoms with Gasteiger partial charge in [0.15, 0.2) is 0 Å². The molecule has 128 valence electrons. The fourth-order valence-corrected chi connectivity index (χ4v) is 4.27. The Morgan fingerprint density at radius 1 is 1.42 bits per heavy atom. The lowest BCUT2D eigenvalue weighted by molar-refractivity contribution is -0.122. The molecule has 2 aromatic rings. The van der Waals surface area contributed by atoms with E-state index in [0.29, 0.717) is 24.2 Å². The molecule has 24 heavy (non-hydrogen) atoms. The highest BCUT2D eigenvalue weighted by Gasteiger charge is 2.38. The lowest BCUT2D eigenvalue weighted by atomic mass is 10.1. The summed E-state index contributed by atoms with van der Waals surface area (Å²) < 4.78 is 0. The molecule has 1 aliphatic carbocycles. The number of nitrogens with one attached hydrogen (secondary N) is 2. The number of aromatic nitrogens is 2. The molecule has 0 spiro atoms. The van der Waals surface area contributed by atoms with Gasteiger partial charge in [-0.25, -0.2) is 4.98 Å². The van der Waals surface area contributed by atoms with Crippen LogP contribution >= 0.6 is 11.6 Å². The number of nitrogens with zero attached hydrogens (tertiary/aromatic N) is 2. The van der Waals surface area contributed by atoms with Crippen LogP contribution in [0, 0.1) is 5.92 Å². The van der Waals surface area contributed by atoms with Crippen molar-refractivity contribution < 1.29 is 4.79 Å². The molecule has 2 heterocycles. The average Bonchev–Trinajstić information content (AvgIpc) is 3.25. The SMILES string of the molecule is O=C(CN1C[C@@H]2CC[C@H]1C2)NCCCc1nc2ccc(Cl)cc2[nH]1. The zero-order valence-electron chi connectivity index (χ0n) is 13.7. The molecule has 1 aliphatic heterocycles. The Kier molecular flexibility index (Phi) is 4.46. The zero-order valence-corrected chi connectivity index (χ0v) is 14.5. The van der Waals surface area contributed by atoms with Crippen LogP contribution in [0.5, 0.6) is 0 Å². The summed E-state index contributed by atoms with van der Waals surface area (Å²) >= 11 is 5.98. The molecule has 5 nitrogen and oxygen atoms in total. The lowest BCUT2D eigenvalue weighted by Gasteiger charge is -2.25. The van der Waals surface area contributed by atoms with Crippen molar-refractivity contribution in [3.8, 4) is 0 Å². The van der Waals surface area contributed by atoms with E-state index in [9.17, 15) is 4.79 Å². The number of rotatable bonds is 6. The number of likely N-dealkylation sites (tertiary alicyclic amines) is 1. The Bertz CT molecular complexity index is 744. The average molecular weight is 347 g/mol. The Labute approximate surface area is 146 Å². The van der Waals surface area contributed by atoms with Crippen molar-refractivity contribution in [1.29, 1.82) is 0 Å². The molecule has 1 aromatic heterocycles. The Morgan fingerprint density at radius 2 is 2.33 bits per heavy atom. The molecule has 2 N–H and O–H groups in total. The van der Waals surface area contributed by atoms with Gasteiger partial charge >= 0.3 is 0 Å². The van der Waals surface area contributed by atoms with Gasteiger partial charge in [0.25, 0.3) is 0 Å². The molecular formula is C18H23ClN4O. The van der Waals surface area contributed by atoms with Crippen molar-refractivity contribution in [2.24, 2.45) is 5.92 Å². The summed E-state index contributed by atoms with van der Waals surface area (Å²) in [5, 5.41) is 3.75. The third-order valence-corrected chi connectivity index (χ3v) is 5.51. The zero-order chi connectivity index (χ0) is 16.5.